The van der Waals surface area contributed by atoms with E-state index in [1.54, 1.807) is 48.5 Å². The van der Waals surface area contributed by atoms with Crippen LogP contribution in [0.3, 0.4) is 0 Å². The maximum absolute atomic E-state index is 12.5. The van der Waals surface area contributed by atoms with Crippen molar-refractivity contribution in [2.75, 3.05) is 4.90 Å². The van der Waals surface area contributed by atoms with E-state index >= 15 is 0 Å². The van der Waals surface area contributed by atoms with Crippen LogP contribution in [-0.2, 0) is 9.59 Å². The predicted octanol–water partition coefficient (Wildman–Crippen LogP) is 3.22. The highest BCUT2D eigenvalue weighted by molar-refractivity contribution is 7.80. The molecule has 2 aromatic carbocycles. The first-order valence-corrected chi connectivity index (χ1v) is 7.14. The summed E-state index contributed by atoms with van der Waals surface area (Å²) in [6.07, 6.45) is 1.37. The van der Waals surface area contributed by atoms with E-state index in [-0.39, 0.29) is 11.8 Å². The summed E-state index contributed by atoms with van der Waals surface area (Å²) in [5.41, 5.74) is 1.64. The summed E-state index contributed by atoms with van der Waals surface area (Å²) in [6, 6.07) is 14.0. The van der Waals surface area contributed by atoms with Crippen LogP contribution in [0.4, 0.5) is 5.69 Å². The predicted molar refractivity (Wildman–Crippen MR) is 87.9 cm³/mol. The Labute approximate surface area is 133 Å². The Morgan fingerprint density at radius 1 is 0.762 bits per heavy atom. The summed E-state index contributed by atoms with van der Waals surface area (Å²) in [6.45, 7) is 0. The van der Waals surface area contributed by atoms with Crippen molar-refractivity contribution in [2.24, 2.45) is 0 Å². The standard InChI is InChI=1S/C16H11NO2S2/c18-15-9-14(10-1-5-12(20)6-2-10)16(19)17(15)11-3-7-13(21)8-4-11/h1-9,20-21H. The molecular weight excluding hydrogens is 302 g/mol. The van der Waals surface area contributed by atoms with Crippen molar-refractivity contribution >= 4 is 48.3 Å². The number of imide groups is 1. The van der Waals surface area contributed by atoms with Crippen molar-refractivity contribution < 1.29 is 9.59 Å². The van der Waals surface area contributed by atoms with Crippen molar-refractivity contribution in [2.45, 2.75) is 9.79 Å². The monoisotopic (exact) mass is 313 g/mol. The molecule has 0 bridgehead atoms. The second kappa shape index (κ2) is 5.42. The molecule has 2 aromatic rings. The Kier molecular flexibility index (Phi) is 3.61. The van der Waals surface area contributed by atoms with Crippen molar-refractivity contribution in [1.82, 2.24) is 0 Å². The van der Waals surface area contributed by atoms with Crippen molar-refractivity contribution in [3.05, 3.63) is 60.2 Å². The first-order valence-electron chi connectivity index (χ1n) is 6.25. The van der Waals surface area contributed by atoms with Crippen LogP contribution in [0, 0.1) is 0 Å². The molecule has 0 aliphatic carbocycles. The Bertz CT molecular complexity index is 749. The lowest BCUT2D eigenvalue weighted by Crippen LogP contribution is -2.30. The van der Waals surface area contributed by atoms with Gasteiger partial charge < -0.3 is 0 Å². The van der Waals surface area contributed by atoms with E-state index in [1.165, 1.54) is 6.08 Å². The van der Waals surface area contributed by atoms with Gasteiger partial charge in [0, 0.05) is 15.9 Å². The molecule has 3 nitrogen and oxygen atoms in total. The number of amides is 2. The lowest BCUT2D eigenvalue weighted by Gasteiger charge is -2.15. The number of rotatable bonds is 2. The van der Waals surface area contributed by atoms with E-state index in [2.05, 4.69) is 25.3 Å². The molecule has 0 radical (unpaired) electrons. The minimum Gasteiger partial charge on any atom is -0.269 e. The molecule has 0 saturated heterocycles. The highest BCUT2D eigenvalue weighted by Gasteiger charge is 2.32. The van der Waals surface area contributed by atoms with E-state index in [0.29, 0.717) is 16.8 Å². The average Bonchev–Trinajstić information content (AvgIpc) is 2.76. The molecule has 21 heavy (non-hydrogen) atoms. The highest BCUT2D eigenvalue weighted by atomic mass is 32.1. The lowest BCUT2D eigenvalue weighted by atomic mass is 10.1. The minimum atomic E-state index is -0.336. The molecule has 104 valence electrons. The van der Waals surface area contributed by atoms with Crippen LogP contribution in [0.15, 0.2) is 64.4 Å². The number of thiol groups is 2. The summed E-state index contributed by atoms with van der Waals surface area (Å²) in [5.74, 6) is -0.657. The van der Waals surface area contributed by atoms with Crippen LogP contribution in [-0.4, -0.2) is 11.8 Å². The molecule has 0 atom stereocenters. The van der Waals surface area contributed by atoms with Gasteiger partial charge in [0.2, 0.25) is 0 Å². The van der Waals surface area contributed by atoms with Gasteiger partial charge in [0.25, 0.3) is 11.8 Å². The van der Waals surface area contributed by atoms with Gasteiger partial charge in [-0.2, -0.15) is 0 Å². The second-order valence-corrected chi connectivity index (χ2v) is 5.63. The maximum Gasteiger partial charge on any atom is 0.266 e. The minimum absolute atomic E-state index is 0.321. The number of anilines is 1. The fourth-order valence-electron chi connectivity index (χ4n) is 2.16. The van der Waals surface area contributed by atoms with Crippen LogP contribution in [0.2, 0.25) is 0 Å². The molecule has 0 aromatic heterocycles. The second-order valence-electron chi connectivity index (χ2n) is 4.60. The summed E-state index contributed by atoms with van der Waals surface area (Å²) >= 11 is 8.41. The van der Waals surface area contributed by atoms with Crippen LogP contribution in [0.5, 0.6) is 0 Å². The molecule has 0 N–H and O–H groups in total. The van der Waals surface area contributed by atoms with Crippen molar-refractivity contribution in [1.29, 1.82) is 0 Å². The Morgan fingerprint density at radius 2 is 1.29 bits per heavy atom. The molecule has 3 rings (SSSR count). The van der Waals surface area contributed by atoms with Gasteiger partial charge in [0.15, 0.2) is 0 Å². The van der Waals surface area contributed by atoms with E-state index in [9.17, 15) is 9.59 Å². The van der Waals surface area contributed by atoms with Gasteiger partial charge in [0.05, 0.1) is 11.3 Å². The Hall–Kier alpha value is -1.98. The van der Waals surface area contributed by atoms with E-state index in [4.69, 9.17) is 0 Å². The first kappa shape index (κ1) is 14.0. The molecule has 0 saturated carbocycles. The lowest BCUT2D eigenvalue weighted by molar-refractivity contribution is -0.119. The Balaban J connectivity index is 1.95. The van der Waals surface area contributed by atoms with E-state index in [0.717, 1.165) is 14.7 Å². The third-order valence-electron chi connectivity index (χ3n) is 3.21. The Morgan fingerprint density at radius 3 is 1.86 bits per heavy atom. The van der Waals surface area contributed by atoms with Crippen LogP contribution < -0.4 is 4.90 Å². The van der Waals surface area contributed by atoms with Crippen LogP contribution in [0.1, 0.15) is 5.56 Å². The third-order valence-corrected chi connectivity index (χ3v) is 3.80. The van der Waals surface area contributed by atoms with E-state index < -0.39 is 0 Å². The quantitative estimate of drug-likeness (QED) is 0.660. The van der Waals surface area contributed by atoms with Crippen molar-refractivity contribution in [3.8, 4) is 0 Å². The molecule has 1 aliphatic heterocycles. The molecule has 0 fully saturated rings. The summed E-state index contributed by atoms with van der Waals surface area (Å²) in [4.78, 5) is 27.3. The number of carbonyl (C=O) groups excluding carboxylic acids is 2. The number of hydrogen-bond donors (Lipinski definition) is 2. The van der Waals surface area contributed by atoms with Gasteiger partial charge in [0.1, 0.15) is 0 Å². The van der Waals surface area contributed by atoms with E-state index in [1.807, 2.05) is 0 Å². The maximum atomic E-state index is 12.5. The third kappa shape index (κ3) is 2.62. The molecule has 2 amide bonds. The topological polar surface area (TPSA) is 37.4 Å². The SMILES string of the molecule is O=C1C=C(c2ccc(S)cc2)C(=O)N1c1ccc(S)cc1. The fraction of sp³-hybridized carbons (Fsp3) is 0. The van der Waals surface area contributed by atoms with Gasteiger partial charge in [-0.05, 0) is 42.0 Å². The zero-order chi connectivity index (χ0) is 15.0. The van der Waals surface area contributed by atoms with Crippen LogP contribution in [0.25, 0.3) is 5.57 Å². The zero-order valence-electron chi connectivity index (χ0n) is 10.9. The number of carbonyl (C=O) groups is 2. The first-order chi connectivity index (χ1) is 10.1. The van der Waals surface area contributed by atoms with Gasteiger partial charge in [-0.25, -0.2) is 4.90 Å². The van der Waals surface area contributed by atoms with Gasteiger partial charge in [-0.3, -0.25) is 9.59 Å². The molecule has 1 aliphatic rings. The smallest absolute Gasteiger partial charge is 0.266 e. The molecule has 5 heteroatoms. The largest absolute Gasteiger partial charge is 0.269 e. The van der Waals surface area contributed by atoms with Gasteiger partial charge in [-0.15, -0.1) is 25.3 Å². The fourth-order valence-corrected chi connectivity index (χ4v) is 2.46. The van der Waals surface area contributed by atoms with Crippen molar-refractivity contribution in [3.63, 3.8) is 0 Å². The van der Waals surface area contributed by atoms with Gasteiger partial charge >= 0.3 is 0 Å². The normalized spacial score (nSPS) is 14.6. The summed E-state index contributed by atoms with van der Waals surface area (Å²) < 4.78 is 0. The number of hydrogen-bond acceptors (Lipinski definition) is 4. The molecule has 1 heterocycles. The van der Waals surface area contributed by atoms with Gasteiger partial charge in [-0.1, -0.05) is 12.1 Å². The average molecular weight is 313 g/mol. The zero-order valence-corrected chi connectivity index (χ0v) is 12.6. The van der Waals surface area contributed by atoms with Crippen LogP contribution >= 0.6 is 25.3 Å². The number of benzene rings is 2. The molecular formula is C16H11NO2S2. The summed E-state index contributed by atoms with van der Waals surface area (Å²) in [7, 11) is 0. The summed E-state index contributed by atoms with van der Waals surface area (Å²) in [5, 5.41) is 0. The molecule has 0 spiro atoms. The number of nitrogens with zero attached hydrogens (tertiary/aromatic N) is 1. The molecule has 0 unspecified atom stereocenters. The highest BCUT2D eigenvalue weighted by Crippen LogP contribution is 2.29.